The van der Waals surface area contributed by atoms with Gasteiger partial charge in [-0.05, 0) is 36.4 Å². The summed E-state index contributed by atoms with van der Waals surface area (Å²) in [7, 11) is 1.68. The Morgan fingerprint density at radius 3 is 2.59 bits per heavy atom. The van der Waals surface area contributed by atoms with Gasteiger partial charge in [-0.3, -0.25) is 9.59 Å². The van der Waals surface area contributed by atoms with E-state index in [0.717, 1.165) is 10.9 Å². The van der Waals surface area contributed by atoms with Gasteiger partial charge in [0.25, 0.3) is 5.56 Å². The summed E-state index contributed by atoms with van der Waals surface area (Å²) >= 11 is 0. The Balaban J connectivity index is 1.97. The van der Waals surface area contributed by atoms with E-state index < -0.39 is 5.91 Å². The van der Waals surface area contributed by atoms with Gasteiger partial charge in [0, 0.05) is 41.5 Å². The number of H-pyrrole nitrogens is 1. The lowest BCUT2D eigenvalue weighted by atomic mass is 10.00. The summed E-state index contributed by atoms with van der Waals surface area (Å²) in [4.78, 5) is 27.0. The number of fused-ring (bicyclic) bond motifs is 1. The summed E-state index contributed by atoms with van der Waals surface area (Å²) in [5.74, 6) is 0.700. The summed E-state index contributed by atoms with van der Waals surface area (Å²) in [6.45, 7) is 0. The van der Waals surface area contributed by atoms with Crippen LogP contribution in [0.2, 0.25) is 0 Å². The van der Waals surface area contributed by atoms with E-state index in [1.807, 2.05) is 36.4 Å². The highest BCUT2D eigenvalue weighted by Crippen LogP contribution is 2.37. The fourth-order valence-corrected chi connectivity index (χ4v) is 3.08. The average molecular weight is 359 g/mol. The van der Waals surface area contributed by atoms with Gasteiger partial charge in [-0.2, -0.15) is 0 Å². The molecule has 4 rings (SSSR count). The second-order valence-corrected chi connectivity index (χ2v) is 6.22. The number of hydrogen-bond donors (Lipinski definition) is 2. The number of benzene rings is 2. The van der Waals surface area contributed by atoms with Crippen LogP contribution in [0.5, 0.6) is 11.5 Å². The highest BCUT2D eigenvalue weighted by atomic mass is 16.5. The molecule has 3 N–H and O–H groups in total. The Morgan fingerprint density at radius 1 is 1.07 bits per heavy atom. The molecule has 4 aromatic rings. The molecule has 1 amide bonds. The maximum Gasteiger partial charge on any atom is 0.274 e. The Bertz CT molecular complexity index is 1210. The number of nitrogens with zero attached hydrogens (tertiary/aromatic N) is 1. The molecule has 0 unspecified atom stereocenters. The highest BCUT2D eigenvalue weighted by molar-refractivity contribution is 5.99. The van der Waals surface area contributed by atoms with Crippen LogP contribution in [-0.2, 0) is 7.05 Å². The van der Waals surface area contributed by atoms with E-state index in [9.17, 15) is 9.59 Å². The molecule has 0 radical (unpaired) electrons. The summed E-state index contributed by atoms with van der Waals surface area (Å²) in [5, 5.41) is 0.748. The molecule has 2 aromatic carbocycles. The van der Waals surface area contributed by atoms with Crippen molar-refractivity contribution in [1.82, 2.24) is 9.55 Å². The molecule has 0 aliphatic carbocycles. The Labute approximate surface area is 154 Å². The largest absolute Gasteiger partial charge is 0.457 e. The van der Waals surface area contributed by atoms with Crippen LogP contribution in [0.1, 0.15) is 10.4 Å². The number of nitrogens with one attached hydrogen (secondary N) is 1. The molecule has 0 saturated carbocycles. The number of nitrogens with two attached hydrogens (primary N) is 1. The lowest BCUT2D eigenvalue weighted by Crippen LogP contribution is -2.16. The molecule has 27 heavy (non-hydrogen) atoms. The van der Waals surface area contributed by atoms with Gasteiger partial charge in [0.2, 0.25) is 5.91 Å². The Morgan fingerprint density at radius 2 is 1.85 bits per heavy atom. The van der Waals surface area contributed by atoms with Gasteiger partial charge in [-0.25, -0.2) is 0 Å². The van der Waals surface area contributed by atoms with Crippen LogP contribution in [0, 0.1) is 0 Å². The number of carbonyl (C=O) groups excluding carboxylic acids is 1. The van der Waals surface area contributed by atoms with E-state index >= 15 is 0 Å². The van der Waals surface area contributed by atoms with Gasteiger partial charge in [0.1, 0.15) is 17.0 Å². The predicted molar refractivity (Wildman–Crippen MR) is 104 cm³/mol. The van der Waals surface area contributed by atoms with Crippen LogP contribution in [-0.4, -0.2) is 15.5 Å². The number of primary amides is 1. The zero-order valence-corrected chi connectivity index (χ0v) is 14.6. The lowest BCUT2D eigenvalue weighted by molar-refractivity contribution is 0.100. The summed E-state index contributed by atoms with van der Waals surface area (Å²) < 4.78 is 7.54. The number of ether oxygens (including phenoxy) is 1. The quantitative estimate of drug-likeness (QED) is 0.585. The van der Waals surface area contributed by atoms with E-state index in [1.165, 1.54) is 4.57 Å². The number of amides is 1. The summed E-state index contributed by atoms with van der Waals surface area (Å²) in [5.41, 5.74) is 7.64. The fourth-order valence-electron chi connectivity index (χ4n) is 3.08. The monoisotopic (exact) mass is 359 g/mol. The van der Waals surface area contributed by atoms with Crippen LogP contribution in [0.4, 0.5) is 0 Å². The van der Waals surface area contributed by atoms with E-state index in [-0.39, 0.29) is 5.56 Å². The van der Waals surface area contributed by atoms with Crippen molar-refractivity contribution in [3.63, 3.8) is 0 Å². The van der Waals surface area contributed by atoms with Crippen molar-refractivity contribution < 1.29 is 9.53 Å². The van der Waals surface area contributed by atoms with Crippen molar-refractivity contribution in [2.75, 3.05) is 0 Å². The number of aromatic amines is 1. The topological polar surface area (TPSA) is 90.1 Å². The first-order chi connectivity index (χ1) is 13.0. The molecule has 2 aromatic heterocycles. The van der Waals surface area contributed by atoms with Gasteiger partial charge < -0.3 is 20.0 Å². The number of carbonyl (C=O) groups is 1. The van der Waals surface area contributed by atoms with Gasteiger partial charge >= 0.3 is 0 Å². The second kappa shape index (κ2) is 6.49. The SMILES string of the molecule is Cn1cc(-c2cc(C(N)=O)ccc2Oc2ccccc2)c2cc[nH]c2c1=O. The number of hydrogen-bond acceptors (Lipinski definition) is 3. The summed E-state index contributed by atoms with van der Waals surface area (Å²) in [6, 6.07) is 16.2. The molecule has 0 saturated heterocycles. The van der Waals surface area contributed by atoms with Gasteiger partial charge in [-0.15, -0.1) is 0 Å². The molecule has 0 spiro atoms. The third kappa shape index (κ3) is 2.97. The molecule has 134 valence electrons. The van der Waals surface area contributed by atoms with Crippen LogP contribution in [0.15, 0.2) is 71.8 Å². The van der Waals surface area contributed by atoms with Crippen molar-refractivity contribution in [2.45, 2.75) is 0 Å². The maximum absolute atomic E-state index is 12.4. The number of pyridine rings is 1. The van der Waals surface area contributed by atoms with Crippen LogP contribution >= 0.6 is 0 Å². The molecule has 0 atom stereocenters. The maximum atomic E-state index is 12.4. The number of aromatic nitrogens is 2. The molecule has 6 heteroatoms. The van der Waals surface area contributed by atoms with Gasteiger partial charge in [0.15, 0.2) is 0 Å². The van der Waals surface area contributed by atoms with Crippen molar-refractivity contribution in [2.24, 2.45) is 12.8 Å². The van der Waals surface area contributed by atoms with E-state index in [4.69, 9.17) is 10.5 Å². The molecule has 0 aliphatic heterocycles. The van der Waals surface area contributed by atoms with Gasteiger partial charge in [-0.1, -0.05) is 18.2 Å². The molecule has 0 bridgehead atoms. The number of para-hydroxylation sites is 1. The first-order valence-corrected chi connectivity index (χ1v) is 8.38. The lowest BCUT2D eigenvalue weighted by Gasteiger charge is -2.14. The zero-order chi connectivity index (χ0) is 19.0. The molecule has 0 aliphatic rings. The minimum Gasteiger partial charge on any atom is -0.457 e. The fraction of sp³-hybridized carbons (Fsp3) is 0.0476. The molecule has 2 heterocycles. The van der Waals surface area contributed by atoms with Crippen LogP contribution in [0.25, 0.3) is 22.0 Å². The molecular weight excluding hydrogens is 342 g/mol. The molecular formula is C21H17N3O3. The molecule has 6 nitrogen and oxygen atoms in total. The minimum atomic E-state index is -0.530. The number of aryl methyl sites for hydroxylation is 1. The van der Waals surface area contributed by atoms with Crippen molar-refractivity contribution in [1.29, 1.82) is 0 Å². The standard InChI is InChI=1S/C21H17N3O3/c1-24-12-17(15-9-10-23-19(15)21(24)26)16-11-13(20(22)25)7-8-18(16)27-14-5-3-2-4-6-14/h2-12,23H,1H3,(H2,22,25). The van der Waals surface area contributed by atoms with Crippen molar-refractivity contribution in [3.8, 4) is 22.6 Å². The van der Waals surface area contributed by atoms with E-state index in [2.05, 4.69) is 4.98 Å². The zero-order valence-electron chi connectivity index (χ0n) is 14.6. The first-order valence-electron chi connectivity index (χ1n) is 8.38. The molecule has 0 fully saturated rings. The average Bonchev–Trinajstić information content (AvgIpc) is 3.16. The van der Waals surface area contributed by atoms with Gasteiger partial charge in [0.05, 0.1) is 0 Å². The van der Waals surface area contributed by atoms with Crippen LogP contribution < -0.4 is 16.0 Å². The van der Waals surface area contributed by atoms with Crippen molar-refractivity contribution in [3.05, 3.63) is 82.9 Å². The first kappa shape index (κ1) is 16.7. The van der Waals surface area contributed by atoms with Crippen molar-refractivity contribution >= 4 is 16.8 Å². The second-order valence-electron chi connectivity index (χ2n) is 6.22. The third-order valence-corrected chi connectivity index (χ3v) is 4.42. The Kier molecular flexibility index (Phi) is 4.01. The Hall–Kier alpha value is -3.80. The highest BCUT2D eigenvalue weighted by Gasteiger charge is 2.16. The minimum absolute atomic E-state index is 0.129. The van der Waals surface area contributed by atoms with E-state index in [0.29, 0.717) is 28.1 Å². The number of rotatable bonds is 4. The predicted octanol–water partition coefficient (Wildman–Crippen LogP) is 3.42. The third-order valence-electron chi connectivity index (χ3n) is 4.42. The summed E-state index contributed by atoms with van der Waals surface area (Å²) in [6.07, 6.45) is 3.45. The van der Waals surface area contributed by atoms with E-state index in [1.54, 1.807) is 37.6 Å². The normalized spacial score (nSPS) is 10.9. The smallest absolute Gasteiger partial charge is 0.274 e. The van der Waals surface area contributed by atoms with Crippen LogP contribution in [0.3, 0.4) is 0 Å².